The molecule has 2 aromatic rings. The molecule has 0 bridgehead atoms. The zero-order valence-electron chi connectivity index (χ0n) is 14.6. The van der Waals surface area contributed by atoms with Crippen molar-refractivity contribution in [3.8, 4) is 5.75 Å². The average molecular weight is 397 g/mol. The van der Waals surface area contributed by atoms with Crippen LogP contribution in [0.5, 0.6) is 5.75 Å². The first-order chi connectivity index (χ1) is 12.3. The molecule has 1 N–H and O–H groups in total. The van der Waals surface area contributed by atoms with E-state index in [2.05, 4.69) is 4.72 Å². The van der Waals surface area contributed by atoms with Crippen LogP contribution in [0.25, 0.3) is 0 Å². The number of likely N-dealkylation sites (N-methyl/N-ethyl adjacent to an activating group) is 1. The molecular formula is C18H21ClN2O4S. The lowest BCUT2D eigenvalue weighted by Gasteiger charge is -2.22. The van der Waals surface area contributed by atoms with E-state index in [1.165, 1.54) is 24.0 Å². The number of halogens is 1. The van der Waals surface area contributed by atoms with Gasteiger partial charge in [-0.1, -0.05) is 29.8 Å². The Morgan fingerprint density at radius 2 is 1.77 bits per heavy atom. The van der Waals surface area contributed by atoms with Crippen molar-refractivity contribution in [1.29, 1.82) is 0 Å². The number of ether oxygens (including phenoxy) is 1. The van der Waals surface area contributed by atoms with E-state index >= 15 is 0 Å². The molecule has 140 valence electrons. The number of nitrogens with one attached hydrogen (secondary N) is 1. The van der Waals surface area contributed by atoms with E-state index in [0.717, 1.165) is 0 Å². The average Bonchev–Trinajstić information content (AvgIpc) is 2.63. The Morgan fingerprint density at radius 3 is 2.38 bits per heavy atom. The molecule has 0 aliphatic rings. The van der Waals surface area contributed by atoms with E-state index in [1.54, 1.807) is 49.5 Å². The van der Waals surface area contributed by atoms with Gasteiger partial charge in [0, 0.05) is 12.1 Å². The van der Waals surface area contributed by atoms with Gasteiger partial charge in [0.1, 0.15) is 12.4 Å². The molecule has 0 aliphatic heterocycles. The van der Waals surface area contributed by atoms with Gasteiger partial charge in [-0.2, -0.15) is 4.72 Å². The van der Waals surface area contributed by atoms with Crippen LogP contribution in [0.3, 0.4) is 0 Å². The van der Waals surface area contributed by atoms with Gasteiger partial charge >= 0.3 is 0 Å². The highest BCUT2D eigenvalue weighted by molar-refractivity contribution is 7.89. The molecule has 26 heavy (non-hydrogen) atoms. The minimum absolute atomic E-state index is 0.119. The SMILES string of the molecule is CC(NS(=O)(=O)c1ccccc1)C(=O)N(C)CCOc1ccc(Cl)cc1. The Hall–Kier alpha value is -2.09. The monoisotopic (exact) mass is 396 g/mol. The molecule has 2 aromatic carbocycles. The number of rotatable bonds is 8. The number of benzene rings is 2. The van der Waals surface area contributed by atoms with Gasteiger partial charge in [0.25, 0.3) is 0 Å². The van der Waals surface area contributed by atoms with Crippen molar-refractivity contribution in [1.82, 2.24) is 9.62 Å². The van der Waals surface area contributed by atoms with E-state index in [-0.39, 0.29) is 17.4 Å². The van der Waals surface area contributed by atoms with E-state index in [1.807, 2.05) is 0 Å². The smallest absolute Gasteiger partial charge is 0.241 e. The van der Waals surface area contributed by atoms with Crippen molar-refractivity contribution in [2.75, 3.05) is 20.2 Å². The van der Waals surface area contributed by atoms with Crippen LogP contribution in [0.2, 0.25) is 5.02 Å². The van der Waals surface area contributed by atoms with Crippen molar-refractivity contribution in [2.24, 2.45) is 0 Å². The van der Waals surface area contributed by atoms with Gasteiger partial charge in [0.2, 0.25) is 15.9 Å². The predicted octanol–water partition coefficient (Wildman–Crippen LogP) is 2.54. The maximum atomic E-state index is 12.4. The second-order valence-corrected chi connectivity index (χ2v) is 7.87. The summed E-state index contributed by atoms with van der Waals surface area (Å²) in [7, 11) is -2.15. The summed E-state index contributed by atoms with van der Waals surface area (Å²) in [5, 5.41) is 0.615. The third-order valence-electron chi connectivity index (χ3n) is 3.64. The maximum Gasteiger partial charge on any atom is 0.241 e. The standard InChI is InChI=1S/C18H21ClN2O4S/c1-14(20-26(23,24)17-6-4-3-5-7-17)18(22)21(2)12-13-25-16-10-8-15(19)9-11-16/h3-11,14,20H,12-13H2,1-2H3. The quantitative estimate of drug-likeness (QED) is 0.744. The summed E-state index contributed by atoms with van der Waals surface area (Å²) in [5.74, 6) is 0.303. The predicted molar refractivity (Wildman–Crippen MR) is 101 cm³/mol. The van der Waals surface area contributed by atoms with Gasteiger partial charge in [0.05, 0.1) is 17.5 Å². The van der Waals surface area contributed by atoms with Crippen LogP contribution in [-0.2, 0) is 14.8 Å². The lowest BCUT2D eigenvalue weighted by atomic mass is 10.3. The summed E-state index contributed by atoms with van der Waals surface area (Å²) in [6, 6.07) is 13.9. The van der Waals surface area contributed by atoms with Crippen LogP contribution in [-0.4, -0.2) is 45.5 Å². The van der Waals surface area contributed by atoms with E-state index in [4.69, 9.17) is 16.3 Å². The fraction of sp³-hybridized carbons (Fsp3) is 0.278. The highest BCUT2D eigenvalue weighted by atomic mass is 35.5. The molecular weight excluding hydrogens is 376 g/mol. The Kier molecular flexibility index (Phi) is 7.02. The number of sulfonamides is 1. The molecule has 1 unspecified atom stereocenters. The Bertz CT molecular complexity index is 826. The third-order valence-corrected chi connectivity index (χ3v) is 5.45. The number of hydrogen-bond donors (Lipinski definition) is 1. The maximum absolute atomic E-state index is 12.4. The van der Waals surface area contributed by atoms with Crippen molar-refractivity contribution in [3.05, 3.63) is 59.6 Å². The zero-order chi connectivity index (χ0) is 19.2. The molecule has 6 nitrogen and oxygen atoms in total. The summed E-state index contributed by atoms with van der Waals surface area (Å²) >= 11 is 5.81. The number of hydrogen-bond acceptors (Lipinski definition) is 4. The number of carbonyl (C=O) groups is 1. The third kappa shape index (κ3) is 5.72. The fourth-order valence-corrected chi connectivity index (χ4v) is 3.57. The van der Waals surface area contributed by atoms with Gasteiger partial charge in [-0.15, -0.1) is 0 Å². The molecule has 2 rings (SSSR count). The molecule has 0 aliphatic carbocycles. The lowest BCUT2D eigenvalue weighted by molar-refractivity contribution is -0.131. The molecule has 0 aromatic heterocycles. The Morgan fingerprint density at radius 1 is 1.15 bits per heavy atom. The van der Waals surface area contributed by atoms with Crippen LogP contribution < -0.4 is 9.46 Å². The number of amides is 1. The largest absolute Gasteiger partial charge is 0.492 e. The van der Waals surface area contributed by atoms with Crippen LogP contribution >= 0.6 is 11.6 Å². The molecule has 0 radical (unpaired) electrons. The summed E-state index contributed by atoms with van der Waals surface area (Å²) < 4.78 is 32.5. The minimum atomic E-state index is -3.75. The molecule has 1 amide bonds. The Labute approximate surface area is 158 Å². The molecule has 8 heteroatoms. The topological polar surface area (TPSA) is 75.7 Å². The van der Waals surface area contributed by atoms with Gasteiger partial charge in [-0.05, 0) is 43.3 Å². The molecule has 0 heterocycles. The molecule has 0 saturated heterocycles. The molecule has 0 saturated carbocycles. The molecule has 0 spiro atoms. The summed E-state index contributed by atoms with van der Waals surface area (Å²) in [4.78, 5) is 13.9. The van der Waals surface area contributed by atoms with E-state index < -0.39 is 16.1 Å². The van der Waals surface area contributed by atoms with Crippen LogP contribution in [0, 0.1) is 0 Å². The molecule has 0 fully saturated rings. The highest BCUT2D eigenvalue weighted by Crippen LogP contribution is 2.15. The van der Waals surface area contributed by atoms with Crippen molar-refractivity contribution in [2.45, 2.75) is 17.9 Å². The number of carbonyl (C=O) groups excluding carboxylic acids is 1. The Balaban J connectivity index is 1.85. The zero-order valence-corrected chi connectivity index (χ0v) is 16.1. The first-order valence-electron chi connectivity index (χ1n) is 8.00. The van der Waals surface area contributed by atoms with Crippen LogP contribution in [0.4, 0.5) is 0 Å². The second kappa shape index (κ2) is 9.02. The van der Waals surface area contributed by atoms with Crippen LogP contribution in [0.1, 0.15) is 6.92 Å². The summed E-state index contributed by atoms with van der Waals surface area (Å²) in [5.41, 5.74) is 0. The first kappa shape index (κ1) is 20.2. The second-order valence-electron chi connectivity index (χ2n) is 5.72. The summed E-state index contributed by atoms with van der Waals surface area (Å²) in [6.07, 6.45) is 0. The van der Waals surface area contributed by atoms with Gasteiger partial charge in [-0.3, -0.25) is 4.79 Å². The van der Waals surface area contributed by atoms with Gasteiger partial charge in [0.15, 0.2) is 0 Å². The normalized spacial score (nSPS) is 12.4. The van der Waals surface area contributed by atoms with Crippen LogP contribution in [0.15, 0.2) is 59.5 Å². The van der Waals surface area contributed by atoms with E-state index in [0.29, 0.717) is 17.3 Å². The van der Waals surface area contributed by atoms with Gasteiger partial charge < -0.3 is 9.64 Å². The summed E-state index contributed by atoms with van der Waals surface area (Å²) in [6.45, 7) is 2.11. The van der Waals surface area contributed by atoms with E-state index in [9.17, 15) is 13.2 Å². The fourth-order valence-electron chi connectivity index (χ4n) is 2.22. The van der Waals surface area contributed by atoms with Crippen molar-refractivity contribution >= 4 is 27.5 Å². The van der Waals surface area contributed by atoms with Gasteiger partial charge in [-0.25, -0.2) is 8.42 Å². The van der Waals surface area contributed by atoms with Crippen molar-refractivity contribution < 1.29 is 17.9 Å². The number of nitrogens with zero attached hydrogens (tertiary/aromatic N) is 1. The highest BCUT2D eigenvalue weighted by Gasteiger charge is 2.24. The molecule has 1 atom stereocenters. The van der Waals surface area contributed by atoms with Crippen molar-refractivity contribution in [3.63, 3.8) is 0 Å². The minimum Gasteiger partial charge on any atom is -0.492 e. The first-order valence-corrected chi connectivity index (χ1v) is 9.86. The lowest BCUT2D eigenvalue weighted by Crippen LogP contribution is -2.46.